The van der Waals surface area contributed by atoms with Gasteiger partial charge >= 0.3 is 0 Å². The molecule has 10 rings (SSSR count). The van der Waals surface area contributed by atoms with Gasteiger partial charge in [0.25, 0.3) is 0 Å². The van der Waals surface area contributed by atoms with E-state index in [4.69, 9.17) is 19.4 Å². The van der Waals surface area contributed by atoms with Gasteiger partial charge in [-0.1, -0.05) is 115 Å². The Labute approximate surface area is 260 Å². The lowest BCUT2D eigenvalue weighted by Crippen LogP contribution is -2.06. The zero-order valence-electron chi connectivity index (χ0n) is 23.8. The van der Waals surface area contributed by atoms with Crippen molar-refractivity contribution >= 4 is 75.3 Å². The van der Waals surface area contributed by atoms with Crippen LogP contribution in [-0.2, 0) is 0 Å². The first-order valence-corrected chi connectivity index (χ1v) is 15.7. The predicted octanol–water partition coefficient (Wildman–Crippen LogP) is 10.6. The van der Waals surface area contributed by atoms with Gasteiger partial charge in [0.05, 0.1) is 5.52 Å². The van der Waals surface area contributed by atoms with Crippen LogP contribution in [-0.4, -0.2) is 19.5 Å². The molecule has 0 atom stereocenters. The van der Waals surface area contributed by atoms with Crippen molar-refractivity contribution in [2.75, 3.05) is 0 Å². The van der Waals surface area contributed by atoms with Crippen LogP contribution < -0.4 is 0 Å². The lowest BCUT2D eigenvalue weighted by molar-refractivity contribution is 0.671. The Morgan fingerprint density at radius 3 is 1.84 bits per heavy atom. The molecule has 0 spiro atoms. The van der Waals surface area contributed by atoms with Crippen LogP contribution in [0.4, 0.5) is 0 Å². The molecule has 5 nitrogen and oxygen atoms in total. The SMILES string of the molecule is c1ccc(-c2nc(-c3ccccc3)nc(-n3c4ccccc4c4c5sc6ccccc6c5c5c6ccccc6oc5c43)n2)cc1. The Morgan fingerprint density at radius 1 is 0.511 bits per heavy atom. The third-order valence-electron chi connectivity index (χ3n) is 8.65. The van der Waals surface area contributed by atoms with E-state index in [9.17, 15) is 0 Å². The quantitative estimate of drug-likeness (QED) is 0.204. The van der Waals surface area contributed by atoms with Gasteiger partial charge in [-0.2, -0.15) is 9.97 Å². The zero-order chi connectivity index (χ0) is 29.5. The molecule has 4 aromatic heterocycles. The minimum Gasteiger partial charge on any atom is -0.454 e. The summed E-state index contributed by atoms with van der Waals surface area (Å²) in [5.41, 5.74) is 5.54. The van der Waals surface area contributed by atoms with E-state index in [1.165, 1.54) is 20.2 Å². The molecule has 210 valence electrons. The summed E-state index contributed by atoms with van der Waals surface area (Å²) >= 11 is 1.83. The topological polar surface area (TPSA) is 56.7 Å². The fourth-order valence-electron chi connectivity index (χ4n) is 6.72. The molecule has 4 heterocycles. The lowest BCUT2D eigenvalue weighted by atomic mass is 10.0. The average Bonchev–Trinajstić information content (AvgIpc) is 3.78. The molecule has 0 aliphatic rings. The molecule has 0 N–H and O–H groups in total. The highest BCUT2D eigenvalue weighted by atomic mass is 32.1. The highest BCUT2D eigenvalue weighted by molar-refractivity contribution is 7.27. The minimum absolute atomic E-state index is 0.552. The van der Waals surface area contributed by atoms with Crippen LogP contribution in [0.15, 0.2) is 138 Å². The number of aromatic nitrogens is 4. The Hall–Kier alpha value is -5.85. The molecule has 0 amide bonds. The Balaban J connectivity index is 1.44. The van der Waals surface area contributed by atoms with Crippen molar-refractivity contribution in [3.8, 4) is 28.7 Å². The van der Waals surface area contributed by atoms with Crippen LogP contribution in [0.5, 0.6) is 0 Å². The van der Waals surface area contributed by atoms with Crippen LogP contribution >= 0.6 is 11.3 Å². The average molecular weight is 595 g/mol. The predicted molar refractivity (Wildman–Crippen MR) is 185 cm³/mol. The Kier molecular flexibility index (Phi) is 5.09. The molecule has 6 aromatic carbocycles. The van der Waals surface area contributed by atoms with Gasteiger partial charge in [-0.3, -0.25) is 4.57 Å². The van der Waals surface area contributed by atoms with Crippen molar-refractivity contribution in [3.63, 3.8) is 0 Å². The highest BCUT2D eigenvalue weighted by Crippen LogP contribution is 2.50. The highest BCUT2D eigenvalue weighted by Gasteiger charge is 2.26. The minimum atomic E-state index is 0.552. The maximum atomic E-state index is 6.83. The smallest absolute Gasteiger partial charge is 0.238 e. The summed E-state index contributed by atoms with van der Waals surface area (Å²) in [7, 11) is 0. The third-order valence-corrected chi connectivity index (χ3v) is 9.83. The van der Waals surface area contributed by atoms with Crippen LogP contribution in [0.3, 0.4) is 0 Å². The molecule has 0 aliphatic heterocycles. The number of nitrogens with zero attached hydrogens (tertiary/aromatic N) is 4. The first kappa shape index (κ1) is 24.6. The van der Waals surface area contributed by atoms with E-state index in [2.05, 4.69) is 71.3 Å². The summed E-state index contributed by atoms with van der Waals surface area (Å²) in [6, 6.07) is 45.8. The van der Waals surface area contributed by atoms with Gasteiger partial charge in [0.15, 0.2) is 17.2 Å². The van der Waals surface area contributed by atoms with E-state index in [0.717, 1.165) is 54.9 Å². The zero-order valence-corrected chi connectivity index (χ0v) is 24.6. The second kappa shape index (κ2) is 9.32. The van der Waals surface area contributed by atoms with Crippen molar-refractivity contribution in [1.82, 2.24) is 19.5 Å². The summed E-state index contributed by atoms with van der Waals surface area (Å²) < 4.78 is 11.5. The number of hydrogen-bond acceptors (Lipinski definition) is 5. The monoisotopic (exact) mass is 594 g/mol. The van der Waals surface area contributed by atoms with Gasteiger partial charge < -0.3 is 4.42 Å². The van der Waals surface area contributed by atoms with Gasteiger partial charge in [-0.05, 0) is 18.2 Å². The number of fused-ring (bicyclic) bond motifs is 12. The summed E-state index contributed by atoms with van der Waals surface area (Å²) in [5.74, 6) is 1.79. The van der Waals surface area contributed by atoms with Gasteiger partial charge in [-0.25, -0.2) is 4.98 Å². The molecule has 6 heteroatoms. The lowest BCUT2D eigenvalue weighted by Gasteiger charge is -2.11. The summed E-state index contributed by atoms with van der Waals surface area (Å²) in [4.78, 5) is 15.3. The molecule has 0 saturated heterocycles. The van der Waals surface area contributed by atoms with Gasteiger partial charge in [0.2, 0.25) is 5.95 Å². The number of rotatable bonds is 3. The van der Waals surface area contributed by atoms with E-state index < -0.39 is 0 Å². The second-order valence-electron chi connectivity index (χ2n) is 11.2. The Morgan fingerprint density at radius 2 is 1.11 bits per heavy atom. The molecule has 0 fully saturated rings. The second-order valence-corrected chi connectivity index (χ2v) is 12.2. The van der Waals surface area contributed by atoms with Crippen LogP contribution in [0.25, 0.3) is 92.6 Å². The number of benzene rings is 6. The fraction of sp³-hybridized carbons (Fsp3) is 0. The number of thiophene rings is 1. The summed E-state index contributed by atoms with van der Waals surface area (Å²) in [6.07, 6.45) is 0. The van der Waals surface area contributed by atoms with Crippen molar-refractivity contribution in [3.05, 3.63) is 133 Å². The molecule has 10 aromatic rings. The van der Waals surface area contributed by atoms with Crippen molar-refractivity contribution in [2.24, 2.45) is 0 Å². The van der Waals surface area contributed by atoms with E-state index >= 15 is 0 Å². The van der Waals surface area contributed by atoms with E-state index in [1.807, 2.05) is 78.1 Å². The fourth-order valence-corrected chi connectivity index (χ4v) is 7.99. The molecule has 0 radical (unpaired) electrons. The van der Waals surface area contributed by atoms with Crippen LogP contribution in [0, 0.1) is 0 Å². The standard InChI is InChI=1S/C39H22N4OS/c1-3-13-23(14-4-1)37-40-38(24-15-5-2-6-16-24)42-39(41-37)43-28-20-10-7-17-25(28)33-34(43)35-31(26-18-8-11-21-29(26)44-35)32-27-19-9-12-22-30(27)45-36(32)33/h1-22H. The third kappa shape index (κ3) is 3.51. The number of hydrogen-bond donors (Lipinski definition) is 0. The van der Waals surface area contributed by atoms with E-state index in [-0.39, 0.29) is 0 Å². The maximum absolute atomic E-state index is 6.83. The van der Waals surface area contributed by atoms with Crippen molar-refractivity contribution < 1.29 is 4.42 Å². The normalized spacial score (nSPS) is 12.0. The number of furan rings is 1. The maximum Gasteiger partial charge on any atom is 0.238 e. The molecule has 0 unspecified atom stereocenters. The molecule has 0 saturated carbocycles. The summed E-state index contributed by atoms with van der Waals surface area (Å²) in [6.45, 7) is 0. The van der Waals surface area contributed by atoms with Crippen molar-refractivity contribution in [2.45, 2.75) is 0 Å². The molecule has 45 heavy (non-hydrogen) atoms. The largest absolute Gasteiger partial charge is 0.454 e. The van der Waals surface area contributed by atoms with Crippen LogP contribution in [0.1, 0.15) is 0 Å². The van der Waals surface area contributed by atoms with Gasteiger partial charge in [-0.15, -0.1) is 11.3 Å². The molecular formula is C39H22N4OS. The van der Waals surface area contributed by atoms with E-state index in [1.54, 1.807) is 0 Å². The van der Waals surface area contributed by atoms with E-state index in [0.29, 0.717) is 17.6 Å². The molecule has 0 bridgehead atoms. The van der Waals surface area contributed by atoms with Crippen LogP contribution in [0.2, 0.25) is 0 Å². The summed E-state index contributed by atoms with van der Waals surface area (Å²) in [5, 5.41) is 6.98. The number of para-hydroxylation sites is 2. The first-order valence-electron chi connectivity index (χ1n) is 14.9. The Bertz CT molecular complexity index is 2700. The first-order chi connectivity index (χ1) is 22.3. The molecule has 0 aliphatic carbocycles. The van der Waals surface area contributed by atoms with Gasteiger partial charge in [0, 0.05) is 52.8 Å². The van der Waals surface area contributed by atoms with Gasteiger partial charge in [0.1, 0.15) is 11.1 Å². The van der Waals surface area contributed by atoms with Crippen molar-refractivity contribution in [1.29, 1.82) is 0 Å². The molecular weight excluding hydrogens is 573 g/mol.